The third-order valence-corrected chi connectivity index (χ3v) is 2.42. The summed E-state index contributed by atoms with van der Waals surface area (Å²) in [6.45, 7) is 1.89. The molecule has 1 aromatic carbocycles. The van der Waals surface area contributed by atoms with Gasteiger partial charge in [-0.1, -0.05) is 6.92 Å². The summed E-state index contributed by atoms with van der Waals surface area (Å²) < 4.78 is 1.15. The minimum absolute atomic E-state index is 0.204. The molecule has 0 saturated heterocycles. The Hall–Kier alpha value is -2.04. The van der Waals surface area contributed by atoms with E-state index in [9.17, 15) is 9.59 Å². The summed E-state index contributed by atoms with van der Waals surface area (Å²) in [6, 6.07) is 5.01. The minimum Gasteiger partial charge on any atom is -0.399 e. The van der Waals surface area contributed by atoms with Gasteiger partial charge in [0, 0.05) is 12.1 Å². The third kappa shape index (κ3) is 1.60. The lowest BCUT2D eigenvalue weighted by Crippen LogP contribution is -2.23. The molecule has 0 spiro atoms. The molecular weight excluding hydrogens is 206 g/mol. The molecule has 0 aliphatic heterocycles. The Bertz CT molecular complexity index is 595. The molecule has 1 aromatic heterocycles. The molecule has 0 atom stereocenters. The Labute approximate surface area is 91.9 Å². The maximum Gasteiger partial charge on any atom is 0.333 e. The van der Waals surface area contributed by atoms with E-state index in [4.69, 9.17) is 5.73 Å². The highest BCUT2D eigenvalue weighted by atomic mass is 16.2. The molecule has 1 heterocycles. The number of carbonyl (C=O) groups excluding carboxylic acids is 1. The van der Waals surface area contributed by atoms with Gasteiger partial charge in [0.05, 0.1) is 11.0 Å². The van der Waals surface area contributed by atoms with Crippen molar-refractivity contribution in [2.24, 2.45) is 0 Å². The molecule has 0 bridgehead atoms. The van der Waals surface area contributed by atoms with E-state index < -0.39 is 5.69 Å². The number of imidazole rings is 1. The van der Waals surface area contributed by atoms with E-state index in [1.54, 1.807) is 18.2 Å². The lowest BCUT2D eigenvalue weighted by molar-refractivity contribution is 0.0903. The van der Waals surface area contributed by atoms with Crippen LogP contribution in [0.25, 0.3) is 11.0 Å². The summed E-state index contributed by atoms with van der Waals surface area (Å²) in [5.74, 6) is -0.204. The molecular formula is C11H13N3O2. The van der Waals surface area contributed by atoms with Gasteiger partial charge in [0.25, 0.3) is 0 Å². The van der Waals surface area contributed by atoms with Crippen LogP contribution < -0.4 is 11.4 Å². The number of benzene rings is 1. The molecule has 84 valence electrons. The van der Waals surface area contributed by atoms with Crippen molar-refractivity contribution >= 4 is 22.6 Å². The lowest BCUT2D eigenvalue weighted by Gasteiger charge is -2.00. The monoisotopic (exact) mass is 219 g/mol. The normalized spacial score (nSPS) is 10.8. The van der Waals surface area contributed by atoms with Crippen LogP contribution in [0.3, 0.4) is 0 Å². The standard InChI is InChI=1S/C11H13N3O2/c1-2-3-10(15)14-9-6-7(12)4-5-8(9)13-11(14)16/h4-6H,2-3,12H2,1H3,(H,13,16). The number of fused-ring (bicyclic) bond motifs is 1. The fourth-order valence-corrected chi connectivity index (χ4v) is 1.69. The number of rotatable bonds is 2. The van der Waals surface area contributed by atoms with Gasteiger partial charge in [0.15, 0.2) is 0 Å². The van der Waals surface area contributed by atoms with Gasteiger partial charge in [-0.05, 0) is 24.6 Å². The summed E-state index contributed by atoms with van der Waals surface area (Å²) in [4.78, 5) is 26.0. The van der Waals surface area contributed by atoms with E-state index in [1.807, 2.05) is 6.92 Å². The molecule has 0 aliphatic rings. The molecule has 0 amide bonds. The number of nitrogens with zero attached hydrogens (tertiary/aromatic N) is 1. The number of carbonyl (C=O) groups is 1. The van der Waals surface area contributed by atoms with Crippen LogP contribution in [0.1, 0.15) is 24.6 Å². The van der Waals surface area contributed by atoms with Crippen LogP contribution in [0, 0.1) is 0 Å². The summed E-state index contributed by atoms with van der Waals surface area (Å²) in [5.41, 5.74) is 6.94. The highest BCUT2D eigenvalue weighted by molar-refractivity contribution is 5.91. The van der Waals surface area contributed by atoms with Crippen molar-refractivity contribution < 1.29 is 4.79 Å². The molecule has 5 heteroatoms. The number of hydrogen-bond donors (Lipinski definition) is 2. The van der Waals surface area contributed by atoms with Crippen molar-refractivity contribution in [2.45, 2.75) is 19.8 Å². The second-order valence-electron chi connectivity index (χ2n) is 3.69. The fourth-order valence-electron chi connectivity index (χ4n) is 1.69. The molecule has 2 rings (SSSR count). The van der Waals surface area contributed by atoms with Gasteiger partial charge in [-0.3, -0.25) is 4.79 Å². The summed E-state index contributed by atoms with van der Waals surface area (Å²) >= 11 is 0. The first-order chi connectivity index (χ1) is 7.63. The van der Waals surface area contributed by atoms with Gasteiger partial charge >= 0.3 is 5.69 Å². The topological polar surface area (TPSA) is 80.9 Å². The fraction of sp³-hybridized carbons (Fsp3) is 0.273. The van der Waals surface area contributed by atoms with Crippen LogP contribution in [0.5, 0.6) is 0 Å². The quantitative estimate of drug-likeness (QED) is 0.748. The van der Waals surface area contributed by atoms with Crippen LogP contribution in [0.4, 0.5) is 5.69 Å². The second-order valence-corrected chi connectivity index (χ2v) is 3.69. The number of aromatic nitrogens is 2. The van der Waals surface area contributed by atoms with Crippen molar-refractivity contribution in [1.29, 1.82) is 0 Å². The van der Waals surface area contributed by atoms with Crippen molar-refractivity contribution in [3.05, 3.63) is 28.7 Å². The van der Waals surface area contributed by atoms with Gasteiger partial charge in [-0.25, -0.2) is 9.36 Å². The zero-order valence-corrected chi connectivity index (χ0v) is 8.99. The second kappa shape index (κ2) is 3.84. The third-order valence-electron chi connectivity index (χ3n) is 2.42. The maximum absolute atomic E-state index is 11.8. The zero-order valence-electron chi connectivity index (χ0n) is 8.99. The first-order valence-electron chi connectivity index (χ1n) is 5.17. The number of H-pyrrole nitrogens is 1. The minimum atomic E-state index is -0.404. The molecule has 0 aliphatic carbocycles. The number of nitrogens with one attached hydrogen (secondary N) is 1. The van der Waals surface area contributed by atoms with Crippen LogP contribution in [0.2, 0.25) is 0 Å². The van der Waals surface area contributed by atoms with E-state index in [0.717, 1.165) is 4.57 Å². The SMILES string of the molecule is CCCC(=O)n1c(=O)[nH]c2ccc(N)cc21. The molecule has 2 aromatic rings. The van der Waals surface area contributed by atoms with Gasteiger partial charge in [0.1, 0.15) is 0 Å². The first kappa shape index (κ1) is 10.5. The highest BCUT2D eigenvalue weighted by Gasteiger charge is 2.12. The van der Waals surface area contributed by atoms with E-state index in [0.29, 0.717) is 29.6 Å². The number of aromatic amines is 1. The predicted molar refractivity (Wildman–Crippen MR) is 62.5 cm³/mol. The van der Waals surface area contributed by atoms with Crippen molar-refractivity contribution in [3.63, 3.8) is 0 Å². The van der Waals surface area contributed by atoms with E-state index in [1.165, 1.54) is 0 Å². The van der Waals surface area contributed by atoms with E-state index >= 15 is 0 Å². The molecule has 0 radical (unpaired) electrons. The number of nitrogen functional groups attached to an aromatic ring is 1. The van der Waals surface area contributed by atoms with Crippen LogP contribution >= 0.6 is 0 Å². The van der Waals surface area contributed by atoms with Crippen LogP contribution in [0.15, 0.2) is 23.0 Å². The summed E-state index contributed by atoms with van der Waals surface area (Å²) in [5, 5.41) is 0. The lowest BCUT2D eigenvalue weighted by atomic mass is 10.2. The molecule has 0 saturated carbocycles. The Balaban J connectivity index is 2.67. The summed E-state index contributed by atoms with van der Waals surface area (Å²) in [6.07, 6.45) is 1.06. The molecule has 5 nitrogen and oxygen atoms in total. The van der Waals surface area contributed by atoms with E-state index in [-0.39, 0.29) is 5.91 Å². The first-order valence-corrected chi connectivity index (χ1v) is 5.17. The average Bonchev–Trinajstić information content (AvgIpc) is 2.53. The van der Waals surface area contributed by atoms with Gasteiger partial charge in [-0.2, -0.15) is 0 Å². The Kier molecular flexibility index (Phi) is 2.52. The highest BCUT2D eigenvalue weighted by Crippen LogP contribution is 2.14. The van der Waals surface area contributed by atoms with Crippen LogP contribution in [-0.2, 0) is 0 Å². The van der Waals surface area contributed by atoms with Crippen molar-refractivity contribution in [2.75, 3.05) is 5.73 Å². The molecule has 3 N–H and O–H groups in total. The van der Waals surface area contributed by atoms with E-state index in [2.05, 4.69) is 4.98 Å². The van der Waals surface area contributed by atoms with Crippen molar-refractivity contribution in [3.8, 4) is 0 Å². The van der Waals surface area contributed by atoms with Gasteiger partial charge < -0.3 is 10.7 Å². The molecule has 0 fully saturated rings. The zero-order chi connectivity index (χ0) is 11.7. The van der Waals surface area contributed by atoms with Gasteiger partial charge in [-0.15, -0.1) is 0 Å². The van der Waals surface area contributed by atoms with Gasteiger partial charge in [0.2, 0.25) is 5.91 Å². The predicted octanol–water partition coefficient (Wildman–Crippen LogP) is 1.35. The Morgan fingerprint density at radius 2 is 2.25 bits per heavy atom. The smallest absolute Gasteiger partial charge is 0.333 e. The van der Waals surface area contributed by atoms with Crippen LogP contribution in [-0.4, -0.2) is 15.5 Å². The molecule has 16 heavy (non-hydrogen) atoms. The Morgan fingerprint density at radius 1 is 1.50 bits per heavy atom. The van der Waals surface area contributed by atoms with Crippen molar-refractivity contribution in [1.82, 2.24) is 9.55 Å². The average molecular weight is 219 g/mol. The number of hydrogen-bond acceptors (Lipinski definition) is 3. The number of nitrogens with two attached hydrogens (primary N) is 1. The molecule has 0 unspecified atom stereocenters. The largest absolute Gasteiger partial charge is 0.399 e. The Morgan fingerprint density at radius 3 is 2.94 bits per heavy atom. The number of anilines is 1. The summed E-state index contributed by atoms with van der Waals surface area (Å²) in [7, 11) is 0. The maximum atomic E-state index is 11.8.